The van der Waals surface area contributed by atoms with E-state index < -0.39 is 16.1 Å². The summed E-state index contributed by atoms with van der Waals surface area (Å²) in [5.41, 5.74) is 1.09. The van der Waals surface area contributed by atoms with Crippen molar-refractivity contribution in [1.82, 2.24) is 14.8 Å². The third-order valence-electron chi connectivity index (χ3n) is 4.64. The summed E-state index contributed by atoms with van der Waals surface area (Å²) in [6.07, 6.45) is 2.09. The highest BCUT2D eigenvalue weighted by Gasteiger charge is 2.39. The SMILES string of the molecule is Cc1noc(C)c1S(=O)(=O)N(Cc1ccc(Br)cc1)[C@@H]1CCCCNC1=O. The first-order chi connectivity index (χ1) is 12.8. The van der Waals surface area contributed by atoms with Crippen LogP contribution in [0.1, 0.15) is 36.3 Å². The number of nitrogens with one attached hydrogen (secondary N) is 1. The van der Waals surface area contributed by atoms with Crippen molar-refractivity contribution in [3.05, 3.63) is 45.8 Å². The molecule has 27 heavy (non-hydrogen) atoms. The second-order valence-electron chi connectivity index (χ2n) is 6.63. The van der Waals surface area contributed by atoms with E-state index in [0.29, 0.717) is 18.7 Å². The monoisotopic (exact) mass is 455 g/mol. The average Bonchev–Trinajstić information content (AvgIpc) is 2.83. The molecule has 0 spiro atoms. The fourth-order valence-corrected chi connectivity index (χ4v) is 5.46. The molecule has 0 radical (unpaired) electrons. The Kier molecular flexibility index (Phi) is 6.02. The molecule has 2 heterocycles. The first-order valence-electron chi connectivity index (χ1n) is 8.77. The number of aromatic nitrogens is 1. The van der Waals surface area contributed by atoms with Crippen LogP contribution in [0.2, 0.25) is 0 Å². The number of amides is 1. The first-order valence-corrected chi connectivity index (χ1v) is 11.0. The van der Waals surface area contributed by atoms with Gasteiger partial charge in [0.25, 0.3) is 0 Å². The van der Waals surface area contributed by atoms with E-state index in [0.717, 1.165) is 22.9 Å². The van der Waals surface area contributed by atoms with E-state index in [-0.39, 0.29) is 23.1 Å². The van der Waals surface area contributed by atoms with Crippen LogP contribution >= 0.6 is 15.9 Å². The van der Waals surface area contributed by atoms with E-state index in [2.05, 4.69) is 26.4 Å². The molecule has 1 fully saturated rings. The lowest BCUT2D eigenvalue weighted by Gasteiger charge is -2.29. The van der Waals surface area contributed by atoms with Crippen LogP contribution in [0, 0.1) is 13.8 Å². The van der Waals surface area contributed by atoms with E-state index in [4.69, 9.17) is 4.52 Å². The Morgan fingerprint density at radius 3 is 2.59 bits per heavy atom. The number of hydrogen-bond acceptors (Lipinski definition) is 5. The molecule has 1 aliphatic heterocycles. The van der Waals surface area contributed by atoms with Gasteiger partial charge in [-0.3, -0.25) is 4.79 Å². The third-order valence-corrected chi connectivity index (χ3v) is 7.27. The van der Waals surface area contributed by atoms with Crippen LogP contribution < -0.4 is 5.32 Å². The lowest BCUT2D eigenvalue weighted by atomic mass is 10.1. The number of carbonyl (C=O) groups is 1. The largest absolute Gasteiger partial charge is 0.360 e. The highest BCUT2D eigenvalue weighted by molar-refractivity contribution is 9.10. The molecule has 1 amide bonds. The fourth-order valence-electron chi connectivity index (χ4n) is 3.29. The third kappa shape index (κ3) is 4.25. The molecule has 9 heteroatoms. The van der Waals surface area contributed by atoms with Gasteiger partial charge in [0.05, 0.1) is 0 Å². The number of rotatable bonds is 5. The molecule has 0 bridgehead atoms. The minimum Gasteiger partial charge on any atom is -0.360 e. The summed E-state index contributed by atoms with van der Waals surface area (Å²) >= 11 is 3.38. The molecule has 0 unspecified atom stereocenters. The van der Waals surface area contributed by atoms with Crippen LogP contribution in [0.3, 0.4) is 0 Å². The van der Waals surface area contributed by atoms with Crippen LogP contribution in [0.25, 0.3) is 0 Å². The minimum atomic E-state index is -3.97. The molecule has 1 saturated heterocycles. The quantitative estimate of drug-likeness (QED) is 0.747. The Hall–Kier alpha value is -1.71. The summed E-state index contributed by atoms with van der Waals surface area (Å²) in [4.78, 5) is 12.7. The van der Waals surface area contributed by atoms with Crippen molar-refractivity contribution in [1.29, 1.82) is 0 Å². The maximum Gasteiger partial charge on any atom is 0.249 e. The number of hydrogen-bond donors (Lipinski definition) is 1. The number of aryl methyl sites for hydroxylation is 2. The number of sulfonamides is 1. The van der Waals surface area contributed by atoms with Gasteiger partial charge in [0, 0.05) is 17.6 Å². The van der Waals surface area contributed by atoms with E-state index in [1.807, 2.05) is 24.3 Å². The summed E-state index contributed by atoms with van der Waals surface area (Å²) in [5, 5.41) is 6.60. The highest BCUT2D eigenvalue weighted by atomic mass is 79.9. The van der Waals surface area contributed by atoms with E-state index in [9.17, 15) is 13.2 Å². The Morgan fingerprint density at radius 1 is 1.26 bits per heavy atom. The molecule has 146 valence electrons. The molecule has 1 aromatic heterocycles. The normalized spacial score (nSPS) is 18.4. The topological polar surface area (TPSA) is 92.5 Å². The predicted octanol–water partition coefficient (Wildman–Crippen LogP) is 2.91. The molecule has 1 N–H and O–H groups in total. The summed E-state index contributed by atoms with van der Waals surface area (Å²) in [6, 6.07) is 6.62. The first kappa shape index (κ1) is 20.0. The van der Waals surface area contributed by atoms with Crippen LogP contribution in [-0.2, 0) is 21.4 Å². The van der Waals surface area contributed by atoms with Crippen molar-refractivity contribution in [2.45, 2.75) is 50.6 Å². The molecule has 2 aromatic rings. The second kappa shape index (κ2) is 8.12. The van der Waals surface area contributed by atoms with E-state index in [1.165, 1.54) is 4.31 Å². The smallest absolute Gasteiger partial charge is 0.249 e. The molecule has 0 saturated carbocycles. The number of nitrogens with zero attached hydrogens (tertiary/aromatic N) is 2. The summed E-state index contributed by atoms with van der Waals surface area (Å²) in [6.45, 7) is 3.82. The molecule has 3 rings (SSSR count). The molecule has 1 aromatic carbocycles. The minimum absolute atomic E-state index is 0.0386. The lowest BCUT2D eigenvalue weighted by molar-refractivity contribution is -0.124. The number of halogens is 1. The highest BCUT2D eigenvalue weighted by Crippen LogP contribution is 2.29. The van der Waals surface area contributed by atoms with Crippen molar-refractivity contribution in [3.8, 4) is 0 Å². The summed E-state index contributed by atoms with van der Waals surface area (Å²) in [5.74, 6) is -0.0396. The van der Waals surface area contributed by atoms with Gasteiger partial charge in [-0.15, -0.1) is 0 Å². The van der Waals surface area contributed by atoms with Crippen molar-refractivity contribution in [2.75, 3.05) is 6.54 Å². The zero-order valence-electron chi connectivity index (χ0n) is 15.2. The Balaban J connectivity index is 2.05. The molecule has 7 nitrogen and oxygen atoms in total. The van der Waals surface area contributed by atoms with Crippen LogP contribution in [0.4, 0.5) is 0 Å². The van der Waals surface area contributed by atoms with Crippen LogP contribution in [0.5, 0.6) is 0 Å². The van der Waals surface area contributed by atoms with Gasteiger partial charge in [0.15, 0.2) is 5.76 Å². The van der Waals surface area contributed by atoms with Gasteiger partial charge < -0.3 is 9.84 Å². The van der Waals surface area contributed by atoms with Gasteiger partial charge in [0.1, 0.15) is 16.6 Å². The van der Waals surface area contributed by atoms with Crippen molar-refractivity contribution < 1.29 is 17.7 Å². The molecule has 1 atom stereocenters. The predicted molar refractivity (Wildman–Crippen MR) is 103 cm³/mol. The summed E-state index contributed by atoms with van der Waals surface area (Å²) in [7, 11) is -3.97. The lowest BCUT2D eigenvalue weighted by Crippen LogP contribution is -2.48. The second-order valence-corrected chi connectivity index (χ2v) is 9.38. The Labute approximate surface area is 167 Å². The van der Waals surface area contributed by atoms with Gasteiger partial charge in [-0.2, -0.15) is 4.31 Å². The standard InChI is InChI=1S/C18H22BrN3O4S/c1-12-17(13(2)26-21-12)27(24,25)22(11-14-6-8-15(19)9-7-14)16-5-3-4-10-20-18(16)23/h6-9,16H,3-5,10-11H2,1-2H3,(H,20,23)/t16-/m1/s1. The zero-order chi connectivity index (χ0) is 19.6. The van der Waals surface area contributed by atoms with E-state index in [1.54, 1.807) is 13.8 Å². The van der Waals surface area contributed by atoms with Gasteiger partial charge in [-0.05, 0) is 50.8 Å². The van der Waals surface area contributed by atoms with Crippen LogP contribution in [-0.4, -0.2) is 36.4 Å². The number of benzene rings is 1. The average molecular weight is 456 g/mol. The Morgan fingerprint density at radius 2 is 1.96 bits per heavy atom. The molecule has 0 aliphatic carbocycles. The maximum atomic E-state index is 13.5. The zero-order valence-corrected chi connectivity index (χ0v) is 17.6. The maximum absolute atomic E-state index is 13.5. The van der Waals surface area contributed by atoms with Gasteiger partial charge in [-0.25, -0.2) is 8.42 Å². The molecule has 1 aliphatic rings. The van der Waals surface area contributed by atoms with Crippen molar-refractivity contribution >= 4 is 31.9 Å². The number of carbonyl (C=O) groups excluding carboxylic acids is 1. The fraction of sp³-hybridized carbons (Fsp3) is 0.444. The molecular formula is C18H22BrN3O4S. The van der Waals surface area contributed by atoms with Crippen molar-refractivity contribution in [2.24, 2.45) is 0 Å². The van der Waals surface area contributed by atoms with Crippen LogP contribution in [0.15, 0.2) is 38.2 Å². The van der Waals surface area contributed by atoms with Crippen molar-refractivity contribution in [3.63, 3.8) is 0 Å². The van der Waals surface area contributed by atoms with E-state index >= 15 is 0 Å². The van der Waals surface area contributed by atoms with Gasteiger partial charge in [-0.1, -0.05) is 33.2 Å². The van der Waals surface area contributed by atoms with Gasteiger partial charge >= 0.3 is 0 Å². The molecular weight excluding hydrogens is 434 g/mol. The van der Waals surface area contributed by atoms with Gasteiger partial charge in [0.2, 0.25) is 15.9 Å². The summed E-state index contributed by atoms with van der Waals surface area (Å²) < 4.78 is 34.3. The Bertz CT molecular complexity index is 905.